The average Bonchev–Trinajstić information content (AvgIpc) is 2.40. The van der Waals surface area contributed by atoms with Gasteiger partial charge < -0.3 is 15.2 Å². The number of hydrogen-bond acceptors (Lipinski definition) is 4. The van der Waals surface area contributed by atoms with Crippen LogP contribution in [0.4, 0.5) is 0 Å². The second-order valence-corrected chi connectivity index (χ2v) is 5.02. The van der Waals surface area contributed by atoms with Gasteiger partial charge in [0.2, 0.25) is 5.91 Å². The molecule has 1 rings (SSSR count). The number of carbonyl (C=O) groups excluding carboxylic acids is 1. The highest BCUT2D eigenvalue weighted by Gasteiger charge is 2.14. The minimum atomic E-state index is -0.544. The lowest BCUT2D eigenvalue weighted by Gasteiger charge is -2.13. The van der Waals surface area contributed by atoms with Crippen LogP contribution in [-0.4, -0.2) is 42.6 Å². The predicted molar refractivity (Wildman–Crippen MR) is 78.4 cm³/mol. The number of hydrogen-bond donors (Lipinski definition) is 3. The van der Waals surface area contributed by atoms with E-state index in [2.05, 4.69) is 17.9 Å². The summed E-state index contributed by atoms with van der Waals surface area (Å²) in [5, 5.41) is 11.8. The van der Waals surface area contributed by atoms with Crippen molar-refractivity contribution in [3.05, 3.63) is 35.9 Å². The maximum atomic E-state index is 11.8. The van der Waals surface area contributed by atoms with Crippen LogP contribution in [0, 0.1) is 0 Å². The summed E-state index contributed by atoms with van der Waals surface area (Å²) in [6.07, 6.45) is 0.528. The first-order valence-corrected chi connectivity index (χ1v) is 6.82. The summed E-state index contributed by atoms with van der Waals surface area (Å²) in [5.41, 5.74) is 1.08. The zero-order chi connectivity index (χ0) is 14.1. The van der Waals surface area contributed by atoms with E-state index in [1.807, 2.05) is 30.3 Å². The molecule has 0 aliphatic heterocycles. The average molecular weight is 283 g/mol. The topological polar surface area (TPSA) is 58.6 Å². The molecule has 0 fully saturated rings. The van der Waals surface area contributed by atoms with Crippen molar-refractivity contribution in [1.82, 2.24) is 5.32 Å². The molecular weight excluding hydrogens is 262 g/mol. The standard InChI is InChI=1S/C14H21NO3S/c1-18-10-12(16)7-8-15-14(17)13(19)9-11-5-3-2-4-6-11/h2-6,12-13,16,19H,7-10H2,1H3,(H,15,17). The molecule has 0 spiro atoms. The molecule has 0 aliphatic carbocycles. The Labute approximate surface area is 119 Å². The van der Waals surface area contributed by atoms with Gasteiger partial charge in [-0.25, -0.2) is 0 Å². The number of nitrogens with one attached hydrogen (secondary N) is 1. The largest absolute Gasteiger partial charge is 0.391 e. The van der Waals surface area contributed by atoms with Gasteiger partial charge in [0, 0.05) is 13.7 Å². The van der Waals surface area contributed by atoms with Gasteiger partial charge in [0.1, 0.15) is 0 Å². The fourth-order valence-corrected chi connectivity index (χ4v) is 1.99. The summed E-state index contributed by atoms with van der Waals surface area (Å²) in [6.45, 7) is 0.708. The van der Waals surface area contributed by atoms with E-state index in [1.165, 1.54) is 7.11 Å². The Kier molecular flexibility index (Phi) is 7.55. The molecule has 0 saturated carbocycles. The highest BCUT2D eigenvalue weighted by Crippen LogP contribution is 2.07. The molecule has 4 nitrogen and oxygen atoms in total. The van der Waals surface area contributed by atoms with Gasteiger partial charge in [-0.2, -0.15) is 12.6 Å². The van der Waals surface area contributed by atoms with E-state index in [9.17, 15) is 9.90 Å². The molecule has 0 heterocycles. The van der Waals surface area contributed by atoms with Crippen LogP contribution in [0.5, 0.6) is 0 Å². The van der Waals surface area contributed by atoms with Crippen molar-refractivity contribution in [2.75, 3.05) is 20.3 Å². The Hall–Kier alpha value is -1.04. The summed E-state index contributed by atoms with van der Waals surface area (Å²) in [5.74, 6) is -0.114. The maximum absolute atomic E-state index is 11.8. The number of amides is 1. The van der Waals surface area contributed by atoms with Gasteiger partial charge in [-0.3, -0.25) is 4.79 Å². The quantitative estimate of drug-likeness (QED) is 0.625. The third-order valence-electron chi connectivity index (χ3n) is 2.71. The summed E-state index contributed by atoms with van der Waals surface area (Å²) in [7, 11) is 1.53. The van der Waals surface area contributed by atoms with Crippen LogP contribution < -0.4 is 5.32 Å². The van der Waals surface area contributed by atoms with Gasteiger partial charge in [-0.1, -0.05) is 30.3 Å². The first-order chi connectivity index (χ1) is 9.13. The van der Waals surface area contributed by atoms with Crippen LogP contribution in [-0.2, 0) is 16.0 Å². The van der Waals surface area contributed by atoms with E-state index >= 15 is 0 Å². The number of aliphatic hydroxyl groups excluding tert-OH is 1. The van der Waals surface area contributed by atoms with Gasteiger partial charge in [0.15, 0.2) is 0 Å². The highest BCUT2D eigenvalue weighted by molar-refractivity contribution is 7.81. The molecule has 0 saturated heterocycles. The number of aliphatic hydroxyl groups is 1. The number of thiol groups is 1. The zero-order valence-corrected chi connectivity index (χ0v) is 12.0. The molecule has 2 unspecified atom stereocenters. The van der Waals surface area contributed by atoms with Crippen LogP contribution in [0.1, 0.15) is 12.0 Å². The predicted octanol–water partition coefficient (Wildman–Crippen LogP) is 1.04. The molecule has 5 heteroatoms. The van der Waals surface area contributed by atoms with E-state index in [0.29, 0.717) is 19.4 Å². The monoisotopic (exact) mass is 283 g/mol. The molecular formula is C14H21NO3S. The molecule has 0 aromatic heterocycles. The Bertz CT molecular complexity index is 372. The van der Waals surface area contributed by atoms with Crippen LogP contribution in [0.2, 0.25) is 0 Å². The Balaban J connectivity index is 2.25. The summed E-state index contributed by atoms with van der Waals surface area (Å²) in [6, 6.07) is 9.76. The van der Waals surface area contributed by atoms with E-state index in [4.69, 9.17) is 4.74 Å². The van der Waals surface area contributed by atoms with E-state index in [-0.39, 0.29) is 17.8 Å². The molecule has 2 N–H and O–H groups in total. The normalized spacial score (nSPS) is 13.8. The third kappa shape index (κ3) is 6.61. The SMILES string of the molecule is COCC(O)CCNC(=O)C(S)Cc1ccccc1. The third-order valence-corrected chi connectivity index (χ3v) is 3.13. The number of ether oxygens (including phenoxy) is 1. The van der Waals surface area contributed by atoms with Crippen LogP contribution >= 0.6 is 12.6 Å². The summed E-state index contributed by atoms with van der Waals surface area (Å²) >= 11 is 4.30. The number of benzene rings is 1. The van der Waals surface area contributed by atoms with Crippen molar-refractivity contribution >= 4 is 18.5 Å². The Morgan fingerprint density at radius 2 is 2.11 bits per heavy atom. The number of methoxy groups -OCH3 is 1. The minimum absolute atomic E-state index is 0.114. The van der Waals surface area contributed by atoms with Crippen LogP contribution in [0.15, 0.2) is 30.3 Å². The van der Waals surface area contributed by atoms with Gasteiger partial charge in [-0.05, 0) is 18.4 Å². The lowest BCUT2D eigenvalue weighted by molar-refractivity contribution is -0.120. The van der Waals surface area contributed by atoms with E-state index in [1.54, 1.807) is 0 Å². The van der Waals surface area contributed by atoms with Crippen molar-refractivity contribution < 1.29 is 14.6 Å². The van der Waals surface area contributed by atoms with Crippen LogP contribution in [0.25, 0.3) is 0 Å². The van der Waals surface area contributed by atoms with E-state index in [0.717, 1.165) is 5.56 Å². The highest BCUT2D eigenvalue weighted by atomic mass is 32.1. The van der Waals surface area contributed by atoms with Crippen molar-refractivity contribution in [2.24, 2.45) is 0 Å². The van der Waals surface area contributed by atoms with Gasteiger partial charge in [0.05, 0.1) is 18.0 Å². The molecule has 106 valence electrons. The second kappa shape index (κ2) is 8.96. The lowest BCUT2D eigenvalue weighted by atomic mass is 10.1. The molecule has 1 amide bonds. The molecule has 0 radical (unpaired) electrons. The minimum Gasteiger partial charge on any atom is -0.391 e. The first-order valence-electron chi connectivity index (χ1n) is 6.30. The fourth-order valence-electron chi connectivity index (χ4n) is 1.69. The van der Waals surface area contributed by atoms with Gasteiger partial charge >= 0.3 is 0 Å². The zero-order valence-electron chi connectivity index (χ0n) is 11.1. The molecule has 19 heavy (non-hydrogen) atoms. The summed E-state index contributed by atoms with van der Waals surface area (Å²) < 4.78 is 4.81. The molecule has 0 aliphatic rings. The van der Waals surface area contributed by atoms with E-state index < -0.39 is 6.10 Å². The fraction of sp³-hybridized carbons (Fsp3) is 0.500. The van der Waals surface area contributed by atoms with Crippen molar-refractivity contribution in [1.29, 1.82) is 0 Å². The van der Waals surface area contributed by atoms with Gasteiger partial charge in [0.25, 0.3) is 0 Å². The molecule has 1 aromatic rings. The smallest absolute Gasteiger partial charge is 0.233 e. The first kappa shape index (κ1) is 16.0. The van der Waals surface area contributed by atoms with Crippen molar-refractivity contribution in [3.63, 3.8) is 0 Å². The summed E-state index contributed by atoms with van der Waals surface area (Å²) in [4.78, 5) is 11.8. The number of carbonyl (C=O) groups is 1. The Morgan fingerprint density at radius 3 is 2.74 bits per heavy atom. The van der Waals surface area contributed by atoms with Crippen molar-refractivity contribution in [2.45, 2.75) is 24.2 Å². The molecule has 0 bridgehead atoms. The number of rotatable bonds is 8. The lowest BCUT2D eigenvalue weighted by Crippen LogP contribution is -2.35. The molecule has 2 atom stereocenters. The molecule has 1 aromatic carbocycles. The maximum Gasteiger partial charge on any atom is 0.233 e. The Morgan fingerprint density at radius 1 is 1.42 bits per heavy atom. The van der Waals surface area contributed by atoms with Crippen molar-refractivity contribution in [3.8, 4) is 0 Å². The second-order valence-electron chi connectivity index (χ2n) is 4.39. The van der Waals surface area contributed by atoms with Gasteiger partial charge in [-0.15, -0.1) is 0 Å². The van der Waals surface area contributed by atoms with Crippen LogP contribution in [0.3, 0.4) is 0 Å².